The average Bonchev–Trinajstić information content (AvgIpc) is 2.86. The number of carbonyl (C=O) groups is 1. The van der Waals surface area contributed by atoms with Crippen LogP contribution < -0.4 is 0 Å². The molecule has 0 amide bonds. The summed E-state index contributed by atoms with van der Waals surface area (Å²) in [7, 11) is 0. The Hall–Kier alpha value is -1.82. The van der Waals surface area contributed by atoms with Crippen LogP contribution in [0.5, 0.6) is 0 Å². The summed E-state index contributed by atoms with van der Waals surface area (Å²) in [6.45, 7) is 6.11. The van der Waals surface area contributed by atoms with Crippen molar-refractivity contribution in [1.82, 2.24) is 10.1 Å². The molecule has 0 radical (unpaired) electrons. The third-order valence-corrected chi connectivity index (χ3v) is 3.78. The predicted octanol–water partition coefficient (Wildman–Crippen LogP) is 3.29. The van der Waals surface area contributed by atoms with Crippen LogP contribution in [0.25, 0.3) is 0 Å². The minimum Gasteiger partial charge on any atom is -0.481 e. The number of rotatable bonds is 5. The van der Waals surface area contributed by atoms with Crippen molar-refractivity contribution >= 4 is 17.7 Å². The number of hydrogen-bond donors (Lipinski definition) is 1. The summed E-state index contributed by atoms with van der Waals surface area (Å²) in [5.41, 5.74) is 0.671. The van der Waals surface area contributed by atoms with Gasteiger partial charge in [0.1, 0.15) is 0 Å². The molecule has 21 heavy (non-hydrogen) atoms. The molecule has 0 spiro atoms. The number of carboxylic acids is 1. The number of nitrogens with zero attached hydrogens (tertiary/aromatic N) is 2. The fourth-order valence-electron chi connectivity index (χ4n) is 1.64. The molecule has 0 saturated heterocycles. The van der Waals surface area contributed by atoms with Gasteiger partial charge in [-0.3, -0.25) is 4.79 Å². The van der Waals surface area contributed by atoms with Crippen molar-refractivity contribution in [2.45, 2.75) is 43.3 Å². The van der Waals surface area contributed by atoms with E-state index in [4.69, 9.17) is 9.63 Å². The molecule has 0 aliphatic heterocycles. The van der Waals surface area contributed by atoms with Crippen LogP contribution in [0.1, 0.15) is 38.0 Å². The van der Waals surface area contributed by atoms with Gasteiger partial charge >= 0.3 is 5.97 Å². The number of carboxylic acid groups (broad SMARTS) is 1. The lowest BCUT2D eigenvalue weighted by molar-refractivity contribution is -0.136. The Kier molecular flexibility index (Phi) is 4.67. The van der Waals surface area contributed by atoms with Gasteiger partial charge in [-0.15, -0.1) is 11.8 Å². The molecule has 0 bridgehead atoms. The predicted molar refractivity (Wildman–Crippen MR) is 80.3 cm³/mol. The van der Waals surface area contributed by atoms with E-state index in [9.17, 15) is 4.79 Å². The highest BCUT2D eigenvalue weighted by atomic mass is 32.2. The van der Waals surface area contributed by atoms with Crippen molar-refractivity contribution in [3.63, 3.8) is 0 Å². The van der Waals surface area contributed by atoms with E-state index in [2.05, 4.69) is 10.1 Å². The second-order valence-electron chi connectivity index (χ2n) is 5.76. The zero-order chi connectivity index (χ0) is 15.5. The van der Waals surface area contributed by atoms with Crippen LogP contribution in [0.3, 0.4) is 0 Å². The van der Waals surface area contributed by atoms with E-state index in [1.54, 1.807) is 11.8 Å². The van der Waals surface area contributed by atoms with Crippen molar-refractivity contribution in [1.29, 1.82) is 0 Å². The topological polar surface area (TPSA) is 76.2 Å². The Morgan fingerprint density at radius 2 is 1.95 bits per heavy atom. The van der Waals surface area contributed by atoms with E-state index >= 15 is 0 Å². The summed E-state index contributed by atoms with van der Waals surface area (Å²) in [5, 5.41) is 12.7. The zero-order valence-electron chi connectivity index (χ0n) is 12.3. The summed E-state index contributed by atoms with van der Waals surface area (Å²) in [6.07, 6.45) is 0.0452. The first kappa shape index (κ1) is 15.6. The van der Waals surface area contributed by atoms with Gasteiger partial charge in [0.05, 0.1) is 12.2 Å². The van der Waals surface area contributed by atoms with Crippen LogP contribution in [0, 0.1) is 0 Å². The fourth-order valence-corrected chi connectivity index (χ4v) is 2.38. The van der Waals surface area contributed by atoms with Gasteiger partial charge in [-0.1, -0.05) is 38.1 Å². The minimum atomic E-state index is -0.823. The molecule has 1 heterocycles. The van der Waals surface area contributed by atoms with Crippen LogP contribution in [-0.2, 0) is 22.4 Å². The van der Waals surface area contributed by atoms with E-state index in [0.29, 0.717) is 17.5 Å². The first-order valence-electron chi connectivity index (χ1n) is 6.61. The number of aliphatic carboxylic acids is 1. The van der Waals surface area contributed by atoms with Crippen molar-refractivity contribution in [3.8, 4) is 0 Å². The molecule has 0 fully saturated rings. The summed E-state index contributed by atoms with van der Waals surface area (Å²) in [6, 6.07) is 7.46. The standard InChI is InChI=1S/C15H18N2O3S/c1-15(2,3)14-16-12(20-17-14)9-21-11-6-4-10(5-7-11)8-13(18)19/h4-7H,8-9H2,1-3H3,(H,18,19). The van der Waals surface area contributed by atoms with Crippen molar-refractivity contribution in [2.24, 2.45) is 0 Å². The van der Waals surface area contributed by atoms with Crippen LogP contribution in [0.4, 0.5) is 0 Å². The summed E-state index contributed by atoms with van der Waals surface area (Å²) < 4.78 is 5.23. The van der Waals surface area contributed by atoms with Gasteiger partial charge < -0.3 is 9.63 Å². The lowest BCUT2D eigenvalue weighted by atomic mass is 9.96. The minimum absolute atomic E-state index is 0.0452. The van der Waals surface area contributed by atoms with Gasteiger partial charge in [0.2, 0.25) is 5.89 Å². The maximum absolute atomic E-state index is 10.6. The van der Waals surface area contributed by atoms with Crippen LogP contribution >= 0.6 is 11.8 Å². The van der Waals surface area contributed by atoms with E-state index in [0.717, 1.165) is 10.5 Å². The van der Waals surface area contributed by atoms with Crippen molar-refractivity contribution < 1.29 is 14.4 Å². The number of benzene rings is 1. The largest absolute Gasteiger partial charge is 0.481 e. The molecule has 0 unspecified atom stereocenters. The molecular formula is C15H18N2O3S. The zero-order valence-corrected chi connectivity index (χ0v) is 13.1. The van der Waals surface area contributed by atoms with Gasteiger partial charge in [-0.2, -0.15) is 4.98 Å². The average molecular weight is 306 g/mol. The molecule has 5 nitrogen and oxygen atoms in total. The van der Waals surface area contributed by atoms with Crippen molar-refractivity contribution in [3.05, 3.63) is 41.5 Å². The van der Waals surface area contributed by atoms with Gasteiger partial charge in [0, 0.05) is 10.3 Å². The Labute approximate surface area is 127 Å². The first-order chi connectivity index (χ1) is 9.84. The number of thioether (sulfide) groups is 1. The van der Waals surface area contributed by atoms with E-state index in [-0.39, 0.29) is 11.8 Å². The van der Waals surface area contributed by atoms with Crippen LogP contribution in [-0.4, -0.2) is 21.2 Å². The van der Waals surface area contributed by atoms with Gasteiger partial charge in [-0.05, 0) is 17.7 Å². The molecule has 2 rings (SSSR count). The smallest absolute Gasteiger partial charge is 0.307 e. The maximum Gasteiger partial charge on any atom is 0.307 e. The molecular weight excluding hydrogens is 288 g/mol. The molecule has 2 aromatic rings. The number of hydrogen-bond acceptors (Lipinski definition) is 5. The molecule has 0 aliphatic carbocycles. The molecule has 1 aromatic carbocycles. The van der Waals surface area contributed by atoms with Gasteiger partial charge in [0.15, 0.2) is 5.82 Å². The highest BCUT2D eigenvalue weighted by molar-refractivity contribution is 7.98. The normalized spacial score (nSPS) is 11.6. The van der Waals surface area contributed by atoms with Gasteiger partial charge in [-0.25, -0.2) is 0 Å². The monoisotopic (exact) mass is 306 g/mol. The van der Waals surface area contributed by atoms with E-state index in [1.807, 2.05) is 45.0 Å². The maximum atomic E-state index is 10.6. The van der Waals surface area contributed by atoms with E-state index < -0.39 is 5.97 Å². The second-order valence-corrected chi connectivity index (χ2v) is 6.81. The summed E-state index contributed by atoms with van der Waals surface area (Å²) in [4.78, 5) is 16.0. The molecule has 0 saturated carbocycles. The SMILES string of the molecule is CC(C)(C)c1noc(CSc2ccc(CC(=O)O)cc2)n1. The molecule has 6 heteroatoms. The van der Waals surface area contributed by atoms with Crippen LogP contribution in [0.2, 0.25) is 0 Å². The summed E-state index contributed by atoms with van der Waals surface area (Å²) >= 11 is 1.58. The molecule has 0 aliphatic rings. The third-order valence-electron chi connectivity index (χ3n) is 2.78. The quantitative estimate of drug-likeness (QED) is 0.854. The Bertz CT molecular complexity index is 615. The molecule has 1 aromatic heterocycles. The summed E-state index contributed by atoms with van der Waals surface area (Å²) in [5.74, 6) is 1.08. The van der Waals surface area contributed by atoms with Crippen molar-refractivity contribution in [2.75, 3.05) is 0 Å². The number of aromatic nitrogens is 2. The molecule has 112 valence electrons. The second kappa shape index (κ2) is 6.30. The lowest BCUT2D eigenvalue weighted by Gasteiger charge is -2.10. The molecule has 1 N–H and O–H groups in total. The highest BCUT2D eigenvalue weighted by Crippen LogP contribution is 2.24. The Morgan fingerprint density at radius 1 is 1.29 bits per heavy atom. The third kappa shape index (κ3) is 4.60. The van der Waals surface area contributed by atoms with Gasteiger partial charge in [0.25, 0.3) is 0 Å². The van der Waals surface area contributed by atoms with E-state index in [1.165, 1.54) is 0 Å². The Morgan fingerprint density at radius 3 is 2.48 bits per heavy atom. The Balaban J connectivity index is 1.94. The lowest BCUT2D eigenvalue weighted by Crippen LogP contribution is -2.13. The fraction of sp³-hybridized carbons (Fsp3) is 0.400. The first-order valence-corrected chi connectivity index (χ1v) is 7.60. The molecule has 0 atom stereocenters. The highest BCUT2D eigenvalue weighted by Gasteiger charge is 2.20. The van der Waals surface area contributed by atoms with Crippen LogP contribution in [0.15, 0.2) is 33.7 Å².